The molecule has 0 spiro atoms. The second kappa shape index (κ2) is 9.10. The highest BCUT2D eigenvalue weighted by molar-refractivity contribution is 5.86. The summed E-state index contributed by atoms with van der Waals surface area (Å²) in [4.78, 5) is 20.1. The molecule has 0 aromatic carbocycles. The predicted molar refractivity (Wildman–Crippen MR) is 96.1 cm³/mol. The Balaban J connectivity index is 2.42. The van der Waals surface area contributed by atoms with Crippen LogP contribution >= 0.6 is 0 Å². The number of rotatable bonds is 6. The number of aromatic nitrogens is 1. The van der Waals surface area contributed by atoms with Crippen LogP contribution in [0.2, 0.25) is 0 Å². The summed E-state index contributed by atoms with van der Waals surface area (Å²) in [6.07, 6.45) is 1.85. The Labute approximate surface area is 144 Å². The van der Waals surface area contributed by atoms with E-state index in [1.165, 1.54) is 0 Å². The molecule has 0 aliphatic heterocycles. The smallest absolute Gasteiger partial charge is 0.239 e. The Bertz CT molecular complexity index is 547. The average molecular weight is 335 g/mol. The van der Waals surface area contributed by atoms with E-state index >= 15 is 0 Å². The maximum atomic E-state index is 11.8. The Morgan fingerprint density at radius 2 is 2.00 bits per heavy atom. The van der Waals surface area contributed by atoms with Crippen molar-refractivity contribution in [2.24, 2.45) is 4.99 Å². The van der Waals surface area contributed by atoms with E-state index < -0.39 is 0 Å². The molecule has 0 bridgehead atoms. The number of nitrogens with zero attached hydrogens (tertiary/aromatic N) is 2. The van der Waals surface area contributed by atoms with E-state index in [-0.39, 0.29) is 24.1 Å². The molecule has 1 aromatic heterocycles. The lowest BCUT2D eigenvalue weighted by Crippen LogP contribution is -2.48. The third-order valence-electron chi connectivity index (χ3n) is 2.77. The number of guanidine groups is 1. The highest BCUT2D eigenvalue weighted by atomic mass is 16.5. The van der Waals surface area contributed by atoms with Crippen LogP contribution in [-0.4, -0.2) is 42.1 Å². The molecule has 0 atom stereocenters. The molecule has 3 N–H and O–H groups in total. The number of amides is 1. The van der Waals surface area contributed by atoms with Crippen molar-refractivity contribution in [1.82, 2.24) is 20.9 Å². The van der Waals surface area contributed by atoms with Gasteiger partial charge < -0.3 is 20.7 Å². The number of carbonyl (C=O) groups excluding carboxylic acids is 1. The molecule has 0 saturated heterocycles. The molecule has 1 heterocycles. The second-order valence-electron chi connectivity index (χ2n) is 6.75. The van der Waals surface area contributed by atoms with Crippen molar-refractivity contribution in [3.8, 4) is 5.88 Å². The van der Waals surface area contributed by atoms with E-state index in [0.717, 1.165) is 5.56 Å². The van der Waals surface area contributed by atoms with Crippen molar-refractivity contribution in [3.63, 3.8) is 0 Å². The number of carbonyl (C=O) groups is 1. The third-order valence-corrected chi connectivity index (χ3v) is 2.77. The van der Waals surface area contributed by atoms with Gasteiger partial charge in [0, 0.05) is 31.4 Å². The van der Waals surface area contributed by atoms with Crippen molar-refractivity contribution >= 4 is 11.9 Å². The van der Waals surface area contributed by atoms with Gasteiger partial charge in [-0.15, -0.1) is 0 Å². The maximum Gasteiger partial charge on any atom is 0.239 e. The summed E-state index contributed by atoms with van der Waals surface area (Å²) in [5.74, 6) is 1.08. The van der Waals surface area contributed by atoms with Crippen LogP contribution in [0.5, 0.6) is 5.88 Å². The van der Waals surface area contributed by atoms with Crippen LogP contribution in [0.3, 0.4) is 0 Å². The molecule has 0 unspecified atom stereocenters. The van der Waals surface area contributed by atoms with Crippen LogP contribution < -0.4 is 20.7 Å². The van der Waals surface area contributed by atoms with Crippen LogP contribution in [0.25, 0.3) is 0 Å². The Kier molecular flexibility index (Phi) is 7.48. The van der Waals surface area contributed by atoms with Gasteiger partial charge in [0.1, 0.15) is 0 Å². The fourth-order valence-electron chi connectivity index (χ4n) is 1.86. The molecule has 0 saturated carbocycles. The van der Waals surface area contributed by atoms with Crippen molar-refractivity contribution < 1.29 is 9.53 Å². The van der Waals surface area contributed by atoms with Gasteiger partial charge in [0.2, 0.25) is 11.8 Å². The van der Waals surface area contributed by atoms with E-state index in [0.29, 0.717) is 18.4 Å². The maximum absolute atomic E-state index is 11.8. The lowest BCUT2D eigenvalue weighted by molar-refractivity contribution is -0.121. The van der Waals surface area contributed by atoms with Crippen molar-refractivity contribution in [3.05, 3.63) is 23.9 Å². The number of pyridine rings is 1. The van der Waals surface area contributed by atoms with Gasteiger partial charge in [0.25, 0.3) is 0 Å². The van der Waals surface area contributed by atoms with Crippen LogP contribution in [-0.2, 0) is 11.3 Å². The molecule has 7 nitrogen and oxygen atoms in total. The molecule has 134 valence electrons. The zero-order valence-corrected chi connectivity index (χ0v) is 15.4. The number of nitrogens with one attached hydrogen (secondary N) is 3. The molecule has 1 rings (SSSR count). The topological polar surface area (TPSA) is 87.6 Å². The van der Waals surface area contributed by atoms with E-state index in [2.05, 4.69) is 25.9 Å². The van der Waals surface area contributed by atoms with Gasteiger partial charge in [-0.3, -0.25) is 9.79 Å². The largest absolute Gasteiger partial charge is 0.475 e. The van der Waals surface area contributed by atoms with Crippen molar-refractivity contribution in [2.45, 2.75) is 52.8 Å². The number of aliphatic imine (C=N–C) groups is 1. The van der Waals surface area contributed by atoms with E-state index in [1.807, 2.05) is 46.8 Å². The van der Waals surface area contributed by atoms with Crippen LogP contribution in [0.15, 0.2) is 23.3 Å². The quantitative estimate of drug-likeness (QED) is 0.541. The summed E-state index contributed by atoms with van der Waals surface area (Å²) in [7, 11) is 1.66. The molecule has 1 aromatic rings. The molecule has 24 heavy (non-hydrogen) atoms. The zero-order chi connectivity index (χ0) is 18.2. The van der Waals surface area contributed by atoms with Crippen molar-refractivity contribution in [2.75, 3.05) is 13.6 Å². The van der Waals surface area contributed by atoms with Gasteiger partial charge in [0.15, 0.2) is 5.96 Å². The van der Waals surface area contributed by atoms with E-state index in [9.17, 15) is 4.79 Å². The summed E-state index contributed by atoms with van der Waals surface area (Å²) in [6, 6.07) is 3.78. The lowest BCUT2D eigenvalue weighted by atomic mass is 10.1. The first-order valence-corrected chi connectivity index (χ1v) is 8.06. The summed E-state index contributed by atoms with van der Waals surface area (Å²) in [6.45, 7) is 10.5. The fraction of sp³-hybridized carbons (Fsp3) is 0.588. The summed E-state index contributed by atoms with van der Waals surface area (Å²) in [5, 5.41) is 9.01. The number of ether oxygens (including phenoxy) is 1. The number of hydrogen-bond donors (Lipinski definition) is 3. The third kappa shape index (κ3) is 8.36. The van der Waals surface area contributed by atoms with Gasteiger partial charge in [-0.05, 0) is 40.2 Å². The molecular weight excluding hydrogens is 306 g/mol. The van der Waals surface area contributed by atoms with Gasteiger partial charge in [-0.1, -0.05) is 6.07 Å². The highest BCUT2D eigenvalue weighted by Gasteiger charge is 2.13. The minimum absolute atomic E-state index is 0.0812. The minimum Gasteiger partial charge on any atom is -0.475 e. The normalized spacial score (nSPS) is 12.0. The fourth-order valence-corrected chi connectivity index (χ4v) is 1.86. The van der Waals surface area contributed by atoms with E-state index in [4.69, 9.17) is 4.74 Å². The highest BCUT2D eigenvalue weighted by Crippen LogP contribution is 2.09. The molecule has 0 aliphatic carbocycles. The van der Waals surface area contributed by atoms with Gasteiger partial charge >= 0.3 is 0 Å². The summed E-state index contributed by atoms with van der Waals surface area (Å²) in [5.41, 5.74) is 0.745. The van der Waals surface area contributed by atoms with E-state index in [1.54, 1.807) is 13.2 Å². The molecule has 1 amide bonds. The summed E-state index contributed by atoms with van der Waals surface area (Å²) < 4.78 is 5.51. The predicted octanol–water partition coefficient (Wildman–Crippen LogP) is 1.45. The standard InChI is InChI=1S/C17H29N5O2/c1-12(2)24-15-8-7-13(9-19-15)10-20-16(18-6)21-11-14(23)22-17(3,4)5/h7-9,12H,10-11H2,1-6H3,(H,22,23)(H2,18,20,21). The lowest BCUT2D eigenvalue weighted by Gasteiger charge is -2.21. The molecule has 0 fully saturated rings. The first-order valence-electron chi connectivity index (χ1n) is 8.06. The minimum atomic E-state index is -0.249. The van der Waals surface area contributed by atoms with Crippen LogP contribution in [0.1, 0.15) is 40.2 Å². The first kappa shape index (κ1) is 19.7. The molecule has 0 radical (unpaired) electrons. The average Bonchev–Trinajstić information content (AvgIpc) is 2.46. The second-order valence-corrected chi connectivity index (χ2v) is 6.75. The Morgan fingerprint density at radius 1 is 1.29 bits per heavy atom. The first-order chi connectivity index (χ1) is 11.2. The summed E-state index contributed by atoms with van der Waals surface area (Å²) >= 11 is 0. The molecule has 0 aliphatic rings. The van der Waals surface area contributed by atoms with Crippen molar-refractivity contribution in [1.29, 1.82) is 0 Å². The van der Waals surface area contributed by atoms with Crippen LogP contribution in [0.4, 0.5) is 0 Å². The van der Waals surface area contributed by atoms with Gasteiger partial charge in [0.05, 0.1) is 12.6 Å². The molecular formula is C17H29N5O2. The molecule has 7 heteroatoms. The SMILES string of the molecule is CN=C(NCC(=O)NC(C)(C)C)NCc1ccc(OC(C)C)nc1. The zero-order valence-electron chi connectivity index (χ0n) is 15.4. The monoisotopic (exact) mass is 335 g/mol. The van der Waals surface area contributed by atoms with Crippen LogP contribution in [0, 0.1) is 0 Å². The van der Waals surface area contributed by atoms with Gasteiger partial charge in [-0.2, -0.15) is 0 Å². The van der Waals surface area contributed by atoms with Gasteiger partial charge in [-0.25, -0.2) is 4.98 Å². The Hall–Kier alpha value is -2.31. The Morgan fingerprint density at radius 3 is 2.50 bits per heavy atom. The number of hydrogen-bond acceptors (Lipinski definition) is 4.